The highest BCUT2D eigenvalue weighted by Gasteiger charge is 2.15. The van der Waals surface area contributed by atoms with Gasteiger partial charge in [-0.15, -0.1) is 10.2 Å². The van der Waals surface area contributed by atoms with E-state index in [1.165, 1.54) is 18.2 Å². The van der Waals surface area contributed by atoms with Crippen molar-refractivity contribution >= 4 is 23.7 Å². The largest absolute Gasteiger partial charge is 0.411 e. The summed E-state index contributed by atoms with van der Waals surface area (Å²) in [4.78, 5) is 21.8. The van der Waals surface area contributed by atoms with Gasteiger partial charge in [-0.1, -0.05) is 18.2 Å². The lowest BCUT2D eigenvalue weighted by atomic mass is 10.2. The Labute approximate surface area is 134 Å². The summed E-state index contributed by atoms with van der Waals surface area (Å²) in [5, 5.41) is 18.9. The molecule has 7 nitrogen and oxygen atoms in total. The third-order valence-electron chi connectivity index (χ3n) is 2.96. The average Bonchev–Trinajstić information content (AvgIpc) is 3.04. The number of hydrogen-bond donors (Lipinski definition) is 0. The van der Waals surface area contributed by atoms with Crippen LogP contribution < -0.4 is 0 Å². The van der Waals surface area contributed by atoms with Gasteiger partial charge in [-0.25, -0.2) is 0 Å². The van der Waals surface area contributed by atoms with Gasteiger partial charge < -0.3 is 4.42 Å². The van der Waals surface area contributed by atoms with Crippen LogP contribution in [0.5, 0.6) is 0 Å². The molecule has 0 unspecified atom stereocenters. The van der Waals surface area contributed by atoms with Crippen LogP contribution in [0.4, 0.5) is 5.69 Å². The molecule has 0 amide bonds. The fourth-order valence-electron chi connectivity index (χ4n) is 1.88. The van der Waals surface area contributed by atoms with Crippen LogP contribution in [0.3, 0.4) is 0 Å². The van der Waals surface area contributed by atoms with E-state index in [0.29, 0.717) is 17.1 Å². The van der Waals surface area contributed by atoms with Gasteiger partial charge in [-0.3, -0.25) is 14.9 Å². The van der Waals surface area contributed by atoms with E-state index in [1.54, 1.807) is 0 Å². The quantitative estimate of drug-likeness (QED) is 0.401. The fraction of sp³-hybridized carbons (Fsp3) is 0. The molecule has 0 aliphatic carbocycles. The molecule has 0 saturated heterocycles. The minimum Gasteiger partial charge on any atom is -0.411 e. The van der Waals surface area contributed by atoms with E-state index < -0.39 is 4.92 Å². The van der Waals surface area contributed by atoms with Crippen LogP contribution in [-0.4, -0.2) is 21.4 Å². The number of carbonyl (C=O) groups excluding carboxylic acids is 1. The summed E-state index contributed by atoms with van der Waals surface area (Å²) >= 11 is 1.08. The van der Waals surface area contributed by atoms with Crippen LogP contribution in [0, 0.1) is 10.1 Å². The zero-order chi connectivity index (χ0) is 16.2. The van der Waals surface area contributed by atoms with E-state index in [0.717, 1.165) is 17.3 Å². The smallest absolute Gasteiger partial charge is 0.281 e. The van der Waals surface area contributed by atoms with Crippen LogP contribution in [-0.2, 0) is 0 Å². The van der Waals surface area contributed by atoms with Crippen molar-refractivity contribution in [3.05, 3.63) is 64.2 Å². The topological polar surface area (TPSA) is 99.1 Å². The first-order valence-corrected chi connectivity index (χ1v) is 7.29. The Bertz CT molecular complexity index is 864. The van der Waals surface area contributed by atoms with E-state index in [1.807, 2.05) is 30.3 Å². The molecule has 8 heteroatoms. The zero-order valence-electron chi connectivity index (χ0n) is 11.6. The van der Waals surface area contributed by atoms with Gasteiger partial charge in [0.2, 0.25) is 5.89 Å². The van der Waals surface area contributed by atoms with Gasteiger partial charge in [-0.2, -0.15) is 0 Å². The third kappa shape index (κ3) is 3.27. The zero-order valence-corrected chi connectivity index (χ0v) is 12.4. The first-order chi connectivity index (χ1) is 11.2. The maximum atomic E-state index is 11.1. The monoisotopic (exact) mass is 327 g/mol. The predicted octanol–water partition coefficient (Wildman–Crippen LogP) is 3.61. The first-order valence-electron chi connectivity index (χ1n) is 6.48. The molecule has 1 heterocycles. The van der Waals surface area contributed by atoms with Crippen LogP contribution in [0.1, 0.15) is 10.4 Å². The number of non-ortho nitro benzene ring substituents is 1. The van der Waals surface area contributed by atoms with E-state index in [4.69, 9.17) is 4.42 Å². The average molecular weight is 327 g/mol. The summed E-state index contributed by atoms with van der Waals surface area (Å²) in [7, 11) is 0. The second-order valence-corrected chi connectivity index (χ2v) is 5.43. The number of rotatable bonds is 5. The molecule has 0 aliphatic rings. The van der Waals surface area contributed by atoms with Gasteiger partial charge in [0.1, 0.15) is 0 Å². The molecule has 0 radical (unpaired) electrons. The van der Waals surface area contributed by atoms with Crippen molar-refractivity contribution in [3.63, 3.8) is 0 Å². The molecular formula is C15H9N3O4S. The Hall–Kier alpha value is -3.00. The van der Waals surface area contributed by atoms with E-state index >= 15 is 0 Å². The number of aldehydes is 1. The molecule has 23 heavy (non-hydrogen) atoms. The molecule has 3 rings (SSSR count). The standard InChI is InChI=1S/C15H9N3O4S/c19-9-11-8-12(18(20)21)6-7-13(11)23-15-17-16-14(22-15)10-4-2-1-3-5-10/h1-9H. The summed E-state index contributed by atoms with van der Waals surface area (Å²) in [5.74, 6) is 0.364. The summed E-state index contributed by atoms with van der Waals surface area (Å²) in [6.45, 7) is 0. The second-order valence-electron chi connectivity index (χ2n) is 4.44. The molecule has 1 aromatic heterocycles. The normalized spacial score (nSPS) is 10.4. The Morgan fingerprint density at radius 2 is 1.91 bits per heavy atom. The number of benzene rings is 2. The SMILES string of the molecule is O=Cc1cc([N+](=O)[O-])ccc1Sc1nnc(-c2ccccc2)o1. The Morgan fingerprint density at radius 1 is 1.13 bits per heavy atom. The summed E-state index contributed by atoms with van der Waals surface area (Å²) in [6.07, 6.45) is 0.559. The molecule has 0 atom stereocenters. The molecule has 0 saturated carbocycles. The van der Waals surface area contributed by atoms with Crippen molar-refractivity contribution in [2.45, 2.75) is 10.1 Å². The highest BCUT2D eigenvalue weighted by molar-refractivity contribution is 7.99. The van der Waals surface area contributed by atoms with Gasteiger partial charge in [-0.05, 0) is 30.0 Å². The van der Waals surface area contributed by atoms with Gasteiger partial charge in [0.15, 0.2) is 6.29 Å². The number of carbonyl (C=O) groups is 1. The molecule has 0 fully saturated rings. The minimum absolute atomic E-state index is 0.146. The molecule has 2 aromatic carbocycles. The maximum Gasteiger partial charge on any atom is 0.281 e. The van der Waals surface area contributed by atoms with Crippen LogP contribution in [0.2, 0.25) is 0 Å². The number of nitro groups is 1. The fourth-order valence-corrected chi connectivity index (χ4v) is 2.63. The van der Waals surface area contributed by atoms with Gasteiger partial charge in [0, 0.05) is 28.2 Å². The Kier molecular flexibility index (Phi) is 4.15. The molecule has 114 valence electrons. The highest BCUT2D eigenvalue weighted by atomic mass is 32.2. The van der Waals surface area contributed by atoms with E-state index in [9.17, 15) is 14.9 Å². The second kappa shape index (κ2) is 6.41. The van der Waals surface area contributed by atoms with Crippen molar-refractivity contribution in [3.8, 4) is 11.5 Å². The summed E-state index contributed by atoms with van der Waals surface area (Å²) in [6, 6.07) is 13.3. The summed E-state index contributed by atoms with van der Waals surface area (Å²) in [5.41, 5.74) is 0.835. The lowest BCUT2D eigenvalue weighted by molar-refractivity contribution is -0.384. The summed E-state index contributed by atoms with van der Waals surface area (Å²) < 4.78 is 5.54. The molecule has 0 spiro atoms. The Balaban J connectivity index is 1.87. The van der Waals surface area contributed by atoms with Gasteiger partial charge >= 0.3 is 0 Å². The number of nitrogens with zero attached hydrogens (tertiary/aromatic N) is 3. The molecular weight excluding hydrogens is 318 g/mol. The molecule has 0 aliphatic heterocycles. The van der Waals surface area contributed by atoms with Crippen molar-refractivity contribution in [1.82, 2.24) is 10.2 Å². The number of nitro benzene ring substituents is 1. The number of aromatic nitrogens is 2. The van der Waals surface area contributed by atoms with E-state index in [2.05, 4.69) is 10.2 Å². The van der Waals surface area contributed by atoms with Crippen LogP contribution in [0.15, 0.2) is 63.1 Å². The third-order valence-corrected chi connectivity index (χ3v) is 3.89. The van der Waals surface area contributed by atoms with Crippen molar-refractivity contribution in [2.24, 2.45) is 0 Å². The van der Waals surface area contributed by atoms with Crippen molar-refractivity contribution < 1.29 is 14.1 Å². The molecule has 3 aromatic rings. The lowest BCUT2D eigenvalue weighted by Crippen LogP contribution is -1.92. The van der Waals surface area contributed by atoms with Gasteiger partial charge in [0.25, 0.3) is 10.9 Å². The van der Waals surface area contributed by atoms with Crippen molar-refractivity contribution in [1.29, 1.82) is 0 Å². The highest BCUT2D eigenvalue weighted by Crippen LogP contribution is 2.32. The van der Waals surface area contributed by atoms with Crippen molar-refractivity contribution in [2.75, 3.05) is 0 Å². The maximum absolute atomic E-state index is 11.1. The van der Waals surface area contributed by atoms with Crippen LogP contribution >= 0.6 is 11.8 Å². The van der Waals surface area contributed by atoms with Crippen LogP contribution in [0.25, 0.3) is 11.5 Å². The Morgan fingerprint density at radius 3 is 2.61 bits per heavy atom. The lowest BCUT2D eigenvalue weighted by Gasteiger charge is -2.00. The molecule has 0 N–H and O–H groups in total. The number of hydrogen-bond acceptors (Lipinski definition) is 7. The van der Waals surface area contributed by atoms with E-state index in [-0.39, 0.29) is 16.5 Å². The predicted molar refractivity (Wildman–Crippen MR) is 82.3 cm³/mol. The van der Waals surface area contributed by atoms with Gasteiger partial charge in [0.05, 0.1) is 4.92 Å². The minimum atomic E-state index is -0.554. The molecule has 0 bridgehead atoms. The first kappa shape index (κ1) is 14.9.